The molecule has 5 heteroatoms. The summed E-state index contributed by atoms with van der Waals surface area (Å²) in [5.74, 6) is -0.765. The van der Waals surface area contributed by atoms with Gasteiger partial charge < -0.3 is 14.4 Å². The molecule has 1 fully saturated rings. The number of nitrogens with zero attached hydrogens (tertiary/aromatic N) is 2. The Morgan fingerprint density at radius 1 is 0.729 bits per heavy atom. The molecule has 0 aliphatic heterocycles. The van der Waals surface area contributed by atoms with E-state index in [1.807, 2.05) is 92.0 Å². The predicted molar refractivity (Wildman–Crippen MR) is 247 cm³/mol. The van der Waals surface area contributed by atoms with Gasteiger partial charge in [-0.1, -0.05) is 154 Å². The molecule has 0 N–H and O–H groups in total. The molecule has 1 aliphatic rings. The van der Waals surface area contributed by atoms with E-state index in [4.69, 9.17) is 12.1 Å². The van der Waals surface area contributed by atoms with Crippen molar-refractivity contribution in [3.05, 3.63) is 175 Å². The maximum atomic E-state index is 9.17. The van der Waals surface area contributed by atoms with Crippen LogP contribution in [-0.4, -0.2) is 18.0 Å². The monoisotopic (exact) mass is 966 g/mol. The van der Waals surface area contributed by atoms with E-state index in [1.54, 1.807) is 6.20 Å². The zero-order valence-electron chi connectivity index (χ0n) is 37.1. The SMILES string of the molecule is [2H]C(C)(c1ccccc1)c1cc(-c2[c-]cccc2)ncc1[Si](C)(C)C.[2H]C([2H])(c1ccnc(-c2[c-]ccc3c2oc2cc4c(ccc5ccccc54)cc23)c1)C1CCCCC1.[Ir]. The summed E-state index contributed by atoms with van der Waals surface area (Å²) in [7, 11) is -1.64. The van der Waals surface area contributed by atoms with E-state index in [1.165, 1.54) is 33.2 Å². The number of hydrogen-bond donors (Lipinski definition) is 0. The van der Waals surface area contributed by atoms with Gasteiger partial charge in [0.1, 0.15) is 5.58 Å². The Morgan fingerprint density at radius 2 is 1.51 bits per heavy atom. The molecule has 0 bridgehead atoms. The van der Waals surface area contributed by atoms with Crippen LogP contribution in [0.2, 0.25) is 19.6 Å². The van der Waals surface area contributed by atoms with Crippen LogP contribution in [0.1, 0.15) is 65.7 Å². The number of fused-ring (bicyclic) bond motifs is 6. The predicted octanol–water partition coefficient (Wildman–Crippen LogP) is 14.1. The second-order valence-electron chi connectivity index (χ2n) is 16.6. The molecule has 6 aromatic carbocycles. The van der Waals surface area contributed by atoms with Crippen LogP contribution in [0.3, 0.4) is 0 Å². The number of rotatable bonds is 7. The van der Waals surface area contributed by atoms with E-state index in [-0.39, 0.29) is 26.0 Å². The van der Waals surface area contributed by atoms with Crippen molar-refractivity contribution in [1.82, 2.24) is 9.97 Å². The van der Waals surface area contributed by atoms with Gasteiger partial charge in [-0.15, -0.1) is 54.1 Å². The van der Waals surface area contributed by atoms with E-state index in [9.17, 15) is 1.37 Å². The quantitative estimate of drug-likeness (QED) is 0.0908. The van der Waals surface area contributed by atoms with E-state index < -0.39 is 20.3 Å². The summed E-state index contributed by atoms with van der Waals surface area (Å²) in [6.07, 6.45) is 7.65. The van der Waals surface area contributed by atoms with Crippen LogP contribution in [0.5, 0.6) is 0 Å². The summed E-state index contributed by atoms with van der Waals surface area (Å²) < 4.78 is 33.5. The van der Waals surface area contributed by atoms with Gasteiger partial charge in [0.2, 0.25) is 0 Å². The number of furan rings is 1. The molecule has 0 amide bonds. The summed E-state index contributed by atoms with van der Waals surface area (Å²) in [6.45, 7) is 8.91. The summed E-state index contributed by atoms with van der Waals surface area (Å²) in [6, 6.07) is 51.4. The van der Waals surface area contributed by atoms with Crippen LogP contribution >= 0.6 is 0 Å². The van der Waals surface area contributed by atoms with Gasteiger partial charge in [0.15, 0.2) is 0 Å². The molecule has 3 aromatic heterocycles. The minimum Gasteiger partial charge on any atom is -0.501 e. The van der Waals surface area contributed by atoms with Crippen LogP contribution in [0.15, 0.2) is 150 Å². The maximum Gasteiger partial charge on any atom is 0.121 e. The largest absolute Gasteiger partial charge is 0.501 e. The number of aromatic nitrogens is 2. The van der Waals surface area contributed by atoms with Crippen molar-refractivity contribution in [3.63, 3.8) is 0 Å². The topological polar surface area (TPSA) is 38.9 Å². The molecule has 1 radical (unpaired) electrons. The van der Waals surface area contributed by atoms with Crippen molar-refractivity contribution in [2.45, 2.75) is 70.9 Å². The Bertz CT molecular complexity index is 3010. The van der Waals surface area contributed by atoms with Gasteiger partial charge in [-0.2, -0.15) is 0 Å². The van der Waals surface area contributed by atoms with E-state index in [2.05, 4.69) is 91.4 Å². The molecular weight excluding hydrogens is 913 g/mol. The zero-order valence-corrected chi connectivity index (χ0v) is 37.5. The van der Waals surface area contributed by atoms with Crippen LogP contribution in [0.4, 0.5) is 0 Å². The van der Waals surface area contributed by atoms with Crippen molar-refractivity contribution in [2.75, 3.05) is 0 Å². The zero-order chi connectivity index (χ0) is 42.4. The molecule has 9 aromatic rings. The summed E-state index contributed by atoms with van der Waals surface area (Å²) in [5.41, 5.74) is 7.66. The molecule has 10 rings (SSSR count). The van der Waals surface area contributed by atoms with Crippen LogP contribution in [0.25, 0.3) is 66.0 Å². The van der Waals surface area contributed by atoms with Crippen LogP contribution in [-0.2, 0) is 26.5 Å². The fourth-order valence-electron chi connectivity index (χ4n) is 8.48. The summed E-state index contributed by atoms with van der Waals surface area (Å²) >= 11 is 0. The second-order valence-corrected chi connectivity index (χ2v) is 21.6. The third-order valence-corrected chi connectivity index (χ3v) is 13.6. The fraction of sp³-hybridized carbons (Fsp3) is 0.222. The molecule has 1 aliphatic carbocycles. The van der Waals surface area contributed by atoms with Crippen molar-refractivity contribution >= 4 is 56.7 Å². The molecule has 3 heterocycles. The molecule has 0 saturated heterocycles. The van der Waals surface area contributed by atoms with Gasteiger partial charge in [0, 0.05) is 47.9 Å². The molecule has 1 atom stereocenters. The van der Waals surface area contributed by atoms with Gasteiger partial charge in [-0.05, 0) is 79.7 Å². The first-order valence-electron chi connectivity index (χ1n) is 22.1. The van der Waals surface area contributed by atoms with Crippen molar-refractivity contribution in [3.8, 4) is 22.5 Å². The van der Waals surface area contributed by atoms with Crippen molar-refractivity contribution in [2.24, 2.45) is 5.92 Å². The molecule has 1 saturated carbocycles. The van der Waals surface area contributed by atoms with Gasteiger partial charge in [0.05, 0.1) is 13.7 Å². The number of hydrogen-bond acceptors (Lipinski definition) is 3. The number of pyridine rings is 2. The van der Waals surface area contributed by atoms with Crippen LogP contribution in [0, 0.1) is 18.1 Å². The Hall–Kier alpha value is -5.19. The van der Waals surface area contributed by atoms with E-state index in [0.717, 1.165) is 75.6 Å². The number of benzene rings is 6. The van der Waals surface area contributed by atoms with E-state index in [0.29, 0.717) is 11.3 Å². The normalized spacial score (nSPS) is 15.4. The Kier molecular flexibility index (Phi) is 11.0. The first-order chi connectivity index (χ1) is 29.4. The van der Waals surface area contributed by atoms with Gasteiger partial charge in [-0.3, -0.25) is 0 Å². The Balaban J connectivity index is 0.000000180. The average molecular weight is 966 g/mol. The van der Waals surface area contributed by atoms with E-state index >= 15 is 0 Å². The molecule has 1 unspecified atom stereocenters. The Labute approximate surface area is 367 Å². The first-order valence-corrected chi connectivity index (χ1v) is 24.1. The minimum atomic E-state index is -1.64. The van der Waals surface area contributed by atoms with Crippen LogP contribution < -0.4 is 5.19 Å². The summed E-state index contributed by atoms with van der Waals surface area (Å²) in [4.78, 5) is 9.33. The average Bonchev–Trinajstić information content (AvgIpc) is 3.66. The van der Waals surface area contributed by atoms with Gasteiger partial charge >= 0.3 is 0 Å². The standard InChI is InChI=1S/C32H26NO.C22H24NSi.Ir/c1-2-7-21(8-3-1)17-22-15-16-33-30(18-22)27-12-6-11-26-29-19-24-14-13-23-9-4-5-10-25(23)28(24)20-31(29)34-32(26)27;1-17(18-11-7-5-8-12-18)20-15-21(19-13-9-6-10-14-19)23-16-22(20)24(2,3)4;/h4-6,9-11,13-16,18-21H,1-3,7-8,17H2;5-13,15-17H,1-4H3;/q2*-1;/i17D2;17D;. The molecule has 3 nitrogen and oxygen atoms in total. The molecule has 297 valence electrons. The molecule has 59 heavy (non-hydrogen) atoms. The Morgan fingerprint density at radius 3 is 2.31 bits per heavy atom. The second kappa shape index (κ2) is 17.6. The smallest absolute Gasteiger partial charge is 0.121 e. The first kappa shape index (κ1) is 36.9. The third kappa shape index (κ3) is 8.61. The molecular formula is C54H50IrN2OSi-2. The molecule has 0 spiro atoms. The van der Waals surface area contributed by atoms with Crippen molar-refractivity contribution < 1.29 is 28.6 Å². The van der Waals surface area contributed by atoms with Gasteiger partial charge in [-0.25, -0.2) is 0 Å². The maximum absolute atomic E-state index is 9.17. The summed E-state index contributed by atoms with van der Waals surface area (Å²) in [5, 5.41) is 8.11. The third-order valence-electron chi connectivity index (χ3n) is 11.6. The minimum absolute atomic E-state index is 0. The van der Waals surface area contributed by atoms with Gasteiger partial charge in [0.25, 0.3) is 0 Å². The fourth-order valence-corrected chi connectivity index (χ4v) is 10.00. The van der Waals surface area contributed by atoms with Crippen molar-refractivity contribution in [1.29, 1.82) is 0 Å².